The van der Waals surface area contributed by atoms with E-state index in [-0.39, 0.29) is 5.69 Å². The molecular formula is C22H23N3O5. The molecule has 5 amide bonds. The average molecular weight is 409 g/mol. The molecule has 1 heterocycles. The van der Waals surface area contributed by atoms with Crippen LogP contribution in [0.4, 0.5) is 10.5 Å². The topological polar surface area (TPSA) is 87.2 Å². The van der Waals surface area contributed by atoms with E-state index in [1.807, 2.05) is 32.0 Å². The van der Waals surface area contributed by atoms with Gasteiger partial charge in [0, 0.05) is 13.6 Å². The third kappa shape index (κ3) is 4.03. The lowest BCUT2D eigenvalue weighted by Gasteiger charge is -2.21. The number of methoxy groups -OCH3 is 1. The van der Waals surface area contributed by atoms with E-state index in [0.717, 1.165) is 21.6 Å². The van der Waals surface area contributed by atoms with Gasteiger partial charge < -0.3 is 9.64 Å². The SMILES string of the molecule is COc1ccc(N2C(=O)C(=O)N(CC(=O)N(C)Cc3ccc(C)cc3C)C2=O)cc1. The van der Waals surface area contributed by atoms with Crippen LogP contribution in [0.1, 0.15) is 16.7 Å². The molecule has 1 aliphatic heterocycles. The maximum atomic E-state index is 12.7. The molecule has 30 heavy (non-hydrogen) atoms. The molecule has 8 nitrogen and oxygen atoms in total. The van der Waals surface area contributed by atoms with Crippen LogP contribution in [0.2, 0.25) is 0 Å². The van der Waals surface area contributed by atoms with E-state index in [0.29, 0.717) is 17.2 Å². The van der Waals surface area contributed by atoms with E-state index in [1.165, 1.54) is 24.1 Å². The van der Waals surface area contributed by atoms with Gasteiger partial charge in [-0.25, -0.2) is 14.6 Å². The van der Waals surface area contributed by atoms with Crippen LogP contribution in [0.5, 0.6) is 5.75 Å². The summed E-state index contributed by atoms with van der Waals surface area (Å²) in [4.78, 5) is 52.9. The third-order valence-corrected chi connectivity index (χ3v) is 5.01. The second-order valence-corrected chi connectivity index (χ2v) is 7.19. The van der Waals surface area contributed by atoms with Crippen LogP contribution < -0.4 is 9.64 Å². The zero-order valence-corrected chi connectivity index (χ0v) is 17.3. The number of urea groups is 1. The standard InChI is InChI=1S/C22H23N3O5/c1-14-5-6-16(15(2)11-14)12-23(3)19(26)13-24-20(27)21(28)25(22(24)29)17-7-9-18(30-4)10-8-17/h5-11H,12-13H2,1-4H3. The molecule has 0 saturated carbocycles. The number of carbonyl (C=O) groups is 4. The van der Waals surface area contributed by atoms with Crippen LogP contribution in [-0.4, -0.2) is 54.3 Å². The lowest BCUT2D eigenvalue weighted by atomic mass is 10.1. The monoisotopic (exact) mass is 409 g/mol. The fourth-order valence-electron chi connectivity index (χ4n) is 3.23. The van der Waals surface area contributed by atoms with Crippen molar-refractivity contribution in [3.8, 4) is 5.75 Å². The van der Waals surface area contributed by atoms with Gasteiger partial charge in [0.2, 0.25) is 5.91 Å². The minimum atomic E-state index is -1.02. The van der Waals surface area contributed by atoms with Gasteiger partial charge in [-0.15, -0.1) is 0 Å². The molecule has 0 atom stereocenters. The maximum Gasteiger partial charge on any atom is 0.339 e. The lowest BCUT2D eigenvalue weighted by molar-refractivity contribution is -0.142. The van der Waals surface area contributed by atoms with Crippen molar-refractivity contribution in [2.75, 3.05) is 25.6 Å². The van der Waals surface area contributed by atoms with Gasteiger partial charge in [0.1, 0.15) is 12.3 Å². The van der Waals surface area contributed by atoms with Gasteiger partial charge in [-0.3, -0.25) is 14.4 Å². The van der Waals surface area contributed by atoms with Crippen LogP contribution in [0.25, 0.3) is 0 Å². The lowest BCUT2D eigenvalue weighted by Crippen LogP contribution is -2.42. The van der Waals surface area contributed by atoms with Gasteiger partial charge in [0.05, 0.1) is 12.8 Å². The van der Waals surface area contributed by atoms with Crippen LogP contribution in [0.3, 0.4) is 0 Å². The van der Waals surface area contributed by atoms with Crippen molar-refractivity contribution in [3.63, 3.8) is 0 Å². The number of aryl methyl sites for hydroxylation is 2. The Hall–Kier alpha value is -3.68. The summed E-state index contributed by atoms with van der Waals surface area (Å²) in [6.45, 7) is 3.77. The molecule has 156 valence electrons. The predicted molar refractivity (Wildman–Crippen MR) is 110 cm³/mol. The number of hydrogen-bond donors (Lipinski definition) is 0. The quantitative estimate of drug-likeness (QED) is 0.540. The first-order chi connectivity index (χ1) is 14.2. The number of hydrogen-bond acceptors (Lipinski definition) is 5. The molecule has 1 aliphatic rings. The minimum Gasteiger partial charge on any atom is -0.497 e. The number of ether oxygens (including phenoxy) is 1. The molecule has 0 spiro atoms. The van der Waals surface area contributed by atoms with Crippen LogP contribution in [0.15, 0.2) is 42.5 Å². The Bertz CT molecular complexity index is 1020. The van der Waals surface area contributed by atoms with Crippen LogP contribution >= 0.6 is 0 Å². The summed E-state index contributed by atoms with van der Waals surface area (Å²) in [5, 5.41) is 0. The smallest absolute Gasteiger partial charge is 0.339 e. The van der Waals surface area contributed by atoms with Gasteiger partial charge in [-0.2, -0.15) is 0 Å². The summed E-state index contributed by atoms with van der Waals surface area (Å²) in [6.07, 6.45) is 0. The Labute approximate surface area is 174 Å². The van der Waals surface area contributed by atoms with E-state index in [1.54, 1.807) is 19.2 Å². The van der Waals surface area contributed by atoms with Gasteiger partial charge >= 0.3 is 17.8 Å². The first-order valence-electron chi connectivity index (χ1n) is 9.37. The number of benzene rings is 2. The second-order valence-electron chi connectivity index (χ2n) is 7.19. The van der Waals surface area contributed by atoms with E-state index in [4.69, 9.17) is 4.74 Å². The highest BCUT2D eigenvalue weighted by Gasteiger charge is 2.46. The number of rotatable bonds is 6. The first-order valence-corrected chi connectivity index (χ1v) is 9.37. The fraction of sp³-hybridized carbons (Fsp3) is 0.273. The van der Waals surface area contributed by atoms with Crippen molar-refractivity contribution >= 4 is 29.4 Å². The summed E-state index contributed by atoms with van der Waals surface area (Å²) >= 11 is 0. The van der Waals surface area contributed by atoms with Crippen molar-refractivity contribution in [2.45, 2.75) is 20.4 Å². The summed E-state index contributed by atoms with van der Waals surface area (Å²) in [7, 11) is 3.09. The van der Waals surface area contributed by atoms with Crippen molar-refractivity contribution < 1.29 is 23.9 Å². The molecule has 0 N–H and O–H groups in total. The van der Waals surface area contributed by atoms with Crippen LogP contribution in [-0.2, 0) is 20.9 Å². The zero-order valence-electron chi connectivity index (χ0n) is 17.3. The van der Waals surface area contributed by atoms with E-state index in [2.05, 4.69) is 0 Å². The summed E-state index contributed by atoms with van der Waals surface area (Å²) in [5.74, 6) is -1.91. The Morgan fingerprint density at radius 1 is 1.00 bits per heavy atom. The molecule has 1 saturated heterocycles. The first kappa shape index (κ1) is 21.0. The highest BCUT2D eigenvalue weighted by atomic mass is 16.5. The molecular weight excluding hydrogens is 386 g/mol. The number of carbonyl (C=O) groups excluding carboxylic acids is 4. The van der Waals surface area contributed by atoms with Crippen molar-refractivity contribution in [1.82, 2.24) is 9.80 Å². The molecule has 8 heteroatoms. The van der Waals surface area contributed by atoms with E-state index < -0.39 is 30.3 Å². The number of imide groups is 2. The van der Waals surface area contributed by atoms with Crippen molar-refractivity contribution in [2.24, 2.45) is 0 Å². The largest absolute Gasteiger partial charge is 0.497 e. The van der Waals surface area contributed by atoms with Crippen LogP contribution in [0, 0.1) is 13.8 Å². The normalized spacial score (nSPS) is 13.8. The van der Waals surface area contributed by atoms with Gasteiger partial charge in [-0.05, 0) is 49.2 Å². The molecule has 1 fully saturated rings. The molecule has 2 aromatic carbocycles. The molecule has 0 aliphatic carbocycles. The Morgan fingerprint density at radius 3 is 2.27 bits per heavy atom. The third-order valence-electron chi connectivity index (χ3n) is 5.01. The second kappa shape index (κ2) is 8.36. The Balaban J connectivity index is 1.72. The maximum absolute atomic E-state index is 12.7. The summed E-state index contributed by atoms with van der Waals surface area (Å²) < 4.78 is 5.05. The number of amides is 5. The van der Waals surface area contributed by atoms with Crippen molar-refractivity contribution in [3.05, 3.63) is 59.2 Å². The highest BCUT2D eigenvalue weighted by Crippen LogP contribution is 2.24. The molecule has 0 radical (unpaired) electrons. The highest BCUT2D eigenvalue weighted by molar-refractivity contribution is 6.53. The fourth-order valence-corrected chi connectivity index (χ4v) is 3.23. The molecule has 0 bridgehead atoms. The van der Waals surface area contributed by atoms with E-state index in [9.17, 15) is 19.2 Å². The zero-order chi connectivity index (χ0) is 22.0. The number of nitrogens with zero attached hydrogens (tertiary/aromatic N) is 3. The number of anilines is 1. The number of likely N-dealkylation sites (N-methyl/N-ethyl adjacent to an activating group) is 1. The van der Waals surface area contributed by atoms with Crippen molar-refractivity contribution in [1.29, 1.82) is 0 Å². The summed E-state index contributed by atoms with van der Waals surface area (Å²) in [6, 6.07) is 11.2. The molecule has 0 unspecified atom stereocenters. The van der Waals surface area contributed by atoms with Gasteiger partial charge in [0.15, 0.2) is 0 Å². The summed E-state index contributed by atoms with van der Waals surface area (Å²) in [5.41, 5.74) is 3.36. The van der Waals surface area contributed by atoms with Gasteiger partial charge in [-0.1, -0.05) is 23.8 Å². The Kier molecular flexibility index (Phi) is 5.86. The predicted octanol–water partition coefficient (Wildman–Crippen LogP) is 2.27. The molecule has 0 aromatic heterocycles. The van der Waals surface area contributed by atoms with E-state index >= 15 is 0 Å². The van der Waals surface area contributed by atoms with Gasteiger partial charge in [0.25, 0.3) is 0 Å². The molecule has 3 rings (SSSR count). The minimum absolute atomic E-state index is 0.234. The Morgan fingerprint density at radius 2 is 1.67 bits per heavy atom. The average Bonchev–Trinajstić information content (AvgIpc) is 2.93. The molecule has 2 aromatic rings.